The zero-order chi connectivity index (χ0) is 15.1. The Hall–Kier alpha value is -1.10. The second-order valence-electron chi connectivity index (χ2n) is 6.12. The first-order chi connectivity index (χ1) is 8.67. The molecule has 1 heterocycles. The van der Waals surface area contributed by atoms with Gasteiger partial charge in [-0.3, -0.25) is 9.59 Å². The minimum absolute atomic E-state index is 0.135. The number of nitrogens with one attached hydrogen (secondary N) is 1. The smallest absolute Gasteiger partial charge is 0.293 e. The van der Waals surface area contributed by atoms with Gasteiger partial charge in [0, 0.05) is 31.6 Å². The van der Waals surface area contributed by atoms with Crippen molar-refractivity contribution in [2.75, 3.05) is 19.6 Å². The summed E-state index contributed by atoms with van der Waals surface area (Å²) in [5, 5.41) is 3.31. The van der Waals surface area contributed by atoms with Crippen LogP contribution in [0.1, 0.15) is 41.5 Å². The summed E-state index contributed by atoms with van der Waals surface area (Å²) in [5.74, 6) is 0.415. The predicted octanol–water partition coefficient (Wildman–Crippen LogP) is 1.42. The maximum Gasteiger partial charge on any atom is 0.293 e. The first kappa shape index (κ1) is 17.9. The van der Waals surface area contributed by atoms with Crippen molar-refractivity contribution in [3.8, 4) is 0 Å². The lowest BCUT2D eigenvalue weighted by Crippen LogP contribution is -2.52. The van der Waals surface area contributed by atoms with Crippen LogP contribution in [-0.4, -0.2) is 48.6 Å². The molecule has 0 aromatic carbocycles. The number of nitrogens with zero attached hydrogens (tertiary/aromatic N) is 1. The number of rotatable bonds is 2. The van der Waals surface area contributed by atoms with Crippen molar-refractivity contribution in [2.45, 2.75) is 53.2 Å². The zero-order valence-corrected chi connectivity index (χ0v) is 13.0. The fourth-order valence-corrected chi connectivity index (χ4v) is 1.64. The van der Waals surface area contributed by atoms with Crippen molar-refractivity contribution in [1.82, 2.24) is 10.2 Å². The Bertz CT molecular complexity index is 285. The second kappa shape index (κ2) is 8.15. The molecule has 1 aliphatic heterocycles. The number of ether oxygens (including phenoxy) is 1. The average molecular weight is 272 g/mol. The van der Waals surface area contributed by atoms with Crippen LogP contribution in [0, 0.1) is 5.92 Å². The molecule has 5 heteroatoms. The highest BCUT2D eigenvalue weighted by atomic mass is 16.5. The van der Waals surface area contributed by atoms with Gasteiger partial charge in [-0.1, -0.05) is 13.8 Å². The van der Waals surface area contributed by atoms with Crippen LogP contribution in [0.25, 0.3) is 0 Å². The van der Waals surface area contributed by atoms with E-state index in [1.165, 1.54) is 0 Å². The van der Waals surface area contributed by atoms with E-state index in [0.717, 1.165) is 19.6 Å². The van der Waals surface area contributed by atoms with E-state index in [2.05, 4.69) is 17.0 Å². The van der Waals surface area contributed by atoms with Crippen LogP contribution >= 0.6 is 0 Å². The maximum atomic E-state index is 11.5. The van der Waals surface area contributed by atoms with Crippen LogP contribution in [0.5, 0.6) is 0 Å². The third-order valence-corrected chi connectivity index (χ3v) is 2.58. The Kier molecular flexibility index (Phi) is 7.68. The molecule has 0 aromatic heterocycles. The number of amides is 1. The molecule has 1 unspecified atom stereocenters. The topological polar surface area (TPSA) is 58.6 Å². The van der Waals surface area contributed by atoms with Gasteiger partial charge in [-0.2, -0.15) is 0 Å². The molecule has 0 spiro atoms. The van der Waals surface area contributed by atoms with Gasteiger partial charge in [0.05, 0.1) is 0 Å². The molecule has 0 aromatic rings. The van der Waals surface area contributed by atoms with E-state index >= 15 is 0 Å². The second-order valence-corrected chi connectivity index (χ2v) is 6.12. The summed E-state index contributed by atoms with van der Waals surface area (Å²) < 4.78 is 4.55. The molecule has 0 saturated carbocycles. The lowest BCUT2D eigenvalue weighted by molar-refractivity contribution is -0.138. The van der Waals surface area contributed by atoms with Crippen molar-refractivity contribution in [2.24, 2.45) is 5.92 Å². The number of carbonyl (C=O) groups excluding carboxylic acids is 2. The van der Waals surface area contributed by atoms with Crippen LogP contribution in [0.15, 0.2) is 0 Å². The largest absolute Gasteiger partial charge is 0.462 e. The van der Waals surface area contributed by atoms with Gasteiger partial charge in [-0.15, -0.1) is 0 Å². The van der Waals surface area contributed by atoms with Crippen LogP contribution in [0.3, 0.4) is 0 Å². The molecular formula is C14H28N2O3. The minimum atomic E-state index is -0.318. The molecular weight excluding hydrogens is 244 g/mol. The van der Waals surface area contributed by atoms with Gasteiger partial charge in [-0.05, 0) is 27.7 Å². The molecule has 0 bridgehead atoms. The highest BCUT2D eigenvalue weighted by molar-refractivity contribution is 5.78. The number of carbonyl (C=O) groups is 2. The Morgan fingerprint density at radius 3 is 2.32 bits per heavy atom. The molecule has 5 nitrogen and oxygen atoms in total. The Balaban J connectivity index is 0.000000399. The van der Waals surface area contributed by atoms with Crippen molar-refractivity contribution >= 4 is 12.4 Å². The summed E-state index contributed by atoms with van der Waals surface area (Å²) in [6, 6.07) is 0.446. The van der Waals surface area contributed by atoms with Crippen LogP contribution in [0.4, 0.5) is 0 Å². The molecule has 1 aliphatic rings. The van der Waals surface area contributed by atoms with Crippen LogP contribution in [-0.2, 0) is 14.3 Å². The highest BCUT2D eigenvalue weighted by Gasteiger charge is 2.21. The van der Waals surface area contributed by atoms with Crippen LogP contribution < -0.4 is 5.32 Å². The molecule has 0 aliphatic carbocycles. The van der Waals surface area contributed by atoms with Gasteiger partial charge in [-0.25, -0.2) is 0 Å². The first-order valence-corrected chi connectivity index (χ1v) is 6.81. The van der Waals surface area contributed by atoms with E-state index in [4.69, 9.17) is 0 Å². The lowest BCUT2D eigenvalue weighted by Gasteiger charge is -2.33. The number of piperazine rings is 1. The van der Waals surface area contributed by atoms with E-state index in [9.17, 15) is 9.59 Å². The van der Waals surface area contributed by atoms with E-state index < -0.39 is 0 Å². The average Bonchev–Trinajstić information content (AvgIpc) is 2.27. The van der Waals surface area contributed by atoms with E-state index in [0.29, 0.717) is 12.5 Å². The number of hydrogen-bond donors (Lipinski definition) is 1. The minimum Gasteiger partial charge on any atom is -0.462 e. The SMILES string of the molecule is CC(C)(C)OC=O.CC1CN(C(=O)C(C)C)CCN1. The first-order valence-electron chi connectivity index (χ1n) is 6.81. The summed E-state index contributed by atoms with van der Waals surface area (Å²) >= 11 is 0. The van der Waals surface area contributed by atoms with Gasteiger partial charge in [0.2, 0.25) is 5.91 Å². The fraction of sp³-hybridized carbons (Fsp3) is 0.857. The maximum absolute atomic E-state index is 11.5. The summed E-state index contributed by atoms with van der Waals surface area (Å²) in [6.45, 7) is 14.6. The summed E-state index contributed by atoms with van der Waals surface area (Å²) in [6.07, 6.45) is 0. The molecule has 1 amide bonds. The summed E-state index contributed by atoms with van der Waals surface area (Å²) in [4.78, 5) is 23.1. The molecule has 1 saturated heterocycles. The van der Waals surface area contributed by atoms with Gasteiger partial charge >= 0.3 is 0 Å². The van der Waals surface area contributed by atoms with E-state index in [1.54, 1.807) is 0 Å². The van der Waals surface area contributed by atoms with Crippen molar-refractivity contribution in [3.05, 3.63) is 0 Å². The third kappa shape index (κ3) is 8.59. The zero-order valence-electron chi connectivity index (χ0n) is 13.0. The van der Waals surface area contributed by atoms with Crippen LogP contribution in [0.2, 0.25) is 0 Å². The Morgan fingerprint density at radius 2 is 2.00 bits per heavy atom. The predicted molar refractivity (Wildman–Crippen MR) is 75.8 cm³/mol. The van der Waals surface area contributed by atoms with Crippen molar-refractivity contribution in [3.63, 3.8) is 0 Å². The highest BCUT2D eigenvalue weighted by Crippen LogP contribution is 2.05. The monoisotopic (exact) mass is 272 g/mol. The van der Waals surface area contributed by atoms with Gasteiger partial charge in [0.1, 0.15) is 5.60 Å². The standard InChI is InChI=1S/C9H18N2O.C5H10O2/c1-7(2)9(12)11-5-4-10-8(3)6-11;1-5(2,3)7-4-6/h7-8,10H,4-6H2,1-3H3;4H,1-3H3. The van der Waals surface area contributed by atoms with E-state index in [-0.39, 0.29) is 17.4 Å². The molecule has 1 fully saturated rings. The molecule has 1 N–H and O–H groups in total. The Morgan fingerprint density at radius 1 is 1.42 bits per heavy atom. The third-order valence-electron chi connectivity index (χ3n) is 2.58. The quantitative estimate of drug-likeness (QED) is 0.772. The normalized spacial score (nSPS) is 19.5. The summed E-state index contributed by atoms with van der Waals surface area (Å²) in [7, 11) is 0. The Labute approximate surface area is 116 Å². The van der Waals surface area contributed by atoms with Crippen molar-refractivity contribution < 1.29 is 14.3 Å². The van der Waals surface area contributed by atoms with Gasteiger partial charge < -0.3 is 15.0 Å². The molecule has 112 valence electrons. The van der Waals surface area contributed by atoms with Crippen molar-refractivity contribution in [1.29, 1.82) is 0 Å². The van der Waals surface area contributed by atoms with Gasteiger partial charge in [0.25, 0.3) is 6.47 Å². The lowest BCUT2D eigenvalue weighted by atomic mass is 10.1. The number of hydrogen-bond acceptors (Lipinski definition) is 4. The van der Waals surface area contributed by atoms with E-state index in [1.807, 2.05) is 39.5 Å². The molecule has 0 radical (unpaired) electrons. The van der Waals surface area contributed by atoms with Gasteiger partial charge in [0.15, 0.2) is 0 Å². The molecule has 1 rings (SSSR count). The fourth-order valence-electron chi connectivity index (χ4n) is 1.64. The molecule has 1 atom stereocenters. The summed E-state index contributed by atoms with van der Waals surface area (Å²) in [5.41, 5.74) is -0.318. The molecule has 19 heavy (non-hydrogen) atoms.